The Morgan fingerprint density at radius 1 is 0.960 bits per heavy atom. The molecule has 1 aliphatic carbocycles. The molecule has 0 bridgehead atoms. The van der Waals surface area contributed by atoms with Crippen LogP contribution in [-0.4, -0.2) is 28.3 Å². The second-order valence-corrected chi connectivity index (χ2v) is 17.6. The van der Waals surface area contributed by atoms with Gasteiger partial charge in [-0.2, -0.15) is 0 Å². The Morgan fingerprint density at radius 2 is 1.48 bits per heavy atom. The summed E-state index contributed by atoms with van der Waals surface area (Å²) in [7, 11) is -3.22. The van der Waals surface area contributed by atoms with Crippen molar-refractivity contribution < 1.29 is 8.85 Å². The Labute approximate surface area is 172 Å². The van der Waals surface area contributed by atoms with Gasteiger partial charge in [0.2, 0.25) is 0 Å². The summed E-state index contributed by atoms with van der Waals surface area (Å²) < 4.78 is 15.9. The molecule has 0 spiro atoms. The van der Waals surface area contributed by atoms with Crippen molar-refractivity contribution in [2.45, 2.75) is 102 Å². The van der Waals surface area contributed by atoms with Gasteiger partial charge >= 0.3 is 0 Å². The van der Waals surface area contributed by atoms with Gasteiger partial charge in [0.1, 0.15) is 0 Å². The van der Waals surface area contributed by atoms with E-state index in [9.17, 15) is 0 Å². The quantitative estimate of drug-likeness (QED) is 0.160. The molecule has 1 aliphatic rings. The molecule has 0 aliphatic heterocycles. The summed E-state index contributed by atoms with van der Waals surface area (Å²) >= 11 is 2.32. The van der Waals surface area contributed by atoms with E-state index in [0.29, 0.717) is 0 Å². The lowest BCUT2D eigenvalue weighted by atomic mass is 9.99. The van der Waals surface area contributed by atoms with Crippen LogP contribution in [0, 0.1) is 0 Å². The lowest BCUT2D eigenvalue weighted by Crippen LogP contribution is -2.47. The number of hydrogen-bond acceptors (Lipinski definition) is 2. The van der Waals surface area contributed by atoms with Crippen molar-refractivity contribution in [2.75, 3.05) is 0 Å². The van der Waals surface area contributed by atoms with Crippen molar-refractivity contribution >= 4 is 39.2 Å². The van der Waals surface area contributed by atoms with Gasteiger partial charge < -0.3 is 8.85 Å². The van der Waals surface area contributed by atoms with Crippen LogP contribution in [0.2, 0.25) is 36.3 Å². The van der Waals surface area contributed by atoms with Gasteiger partial charge in [0.25, 0.3) is 0 Å². The van der Waals surface area contributed by atoms with Crippen LogP contribution in [0.4, 0.5) is 0 Å². The maximum Gasteiger partial charge on any atom is 0.193 e. The summed E-state index contributed by atoms with van der Waals surface area (Å²) in [4.78, 5) is 0. The van der Waals surface area contributed by atoms with Gasteiger partial charge in [0, 0.05) is 6.42 Å². The van der Waals surface area contributed by atoms with Crippen molar-refractivity contribution in [3.05, 3.63) is 22.3 Å². The smallest absolute Gasteiger partial charge is 0.193 e. The topological polar surface area (TPSA) is 18.5 Å². The first-order valence-corrected chi connectivity index (χ1v) is 16.5. The molecule has 0 saturated heterocycles. The molecule has 0 aromatic carbocycles. The third-order valence-corrected chi connectivity index (χ3v) is 16.3. The summed E-state index contributed by atoms with van der Waals surface area (Å²) in [6.07, 6.45) is 9.13. The van der Waals surface area contributed by atoms with Gasteiger partial charge in [-0.1, -0.05) is 82.4 Å². The van der Waals surface area contributed by atoms with E-state index in [1.54, 1.807) is 0 Å². The molecule has 0 amide bonds. The fourth-order valence-corrected chi connectivity index (χ4v) is 10.2. The average molecular weight is 495 g/mol. The molecule has 0 aromatic rings. The molecule has 25 heavy (non-hydrogen) atoms. The molecule has 0 fully saturated rings. The number of rotatable bonds is 12. The van der Waals surface area contributed by atoms with Crippen LogP contribution in [0.1, 0.15) is 54.4 Å². The summed E-state index contributed by atoms with van der Waals surface area (Å²) in [5.41, 5.74) is -0.143. The molecule has 0 heterocycles. The molecule has 0 unspecified atom stereocenters. The molecule has 2 nitrogen and oxygen atoms in total. The standard InChI is InChI=1S/C20H39IO2Si2/c1-7-24(8-2,9-3)22-19-14-16-20(18-19,15-13-17-21)23-25(10-4,11-5)12-6/h13-14,16-17,19H,7-12,15,18H2,1-6H3/t19-,20+/m1/s1. The van der Waals surface area contributed by atoms with E-state index in [4.69, 9.17) is 8.85 Å². The van der Waals surface area contributed by atoms with Gasteiger partial charge in [-0.25, -0.2) is 0 Å². The van der Waals surface area contributed by atoms with Crippen LogP contribution in [-0.2, 0) is 8.85 Å². The van der Waals surface area contributed by atoms with Crippen molar-refractivity contribution in [1.82, 2.24) is 0 Å². The molecule has 0 radical (unpaired) electrons. The van der Waals surface area contributed by atoms with E-state index >= 15 is 0 Å². The highest BCUT2D eigenvalue weighted by molar-refractivity contribution is 14.1. The normalized spacial score (nSPS) is 24.5. The van der Waals surface area contributed by atoms with E-state index in [1.807, 2.05) is 0 Å². The largest absolute Gasteiger partial charge is 0.410 e. The molecule has 5 heteroatoms. The third-order valence-electron chi connectivity index (χ3n) is 6.40. The predicted molar refractivity (Wildman–Crippen MR) is 125 cm³/mol. The molecule has 2 atom stereocenters. The van der Waals surface area contributed by atoms with Crippen molar-refractivity contribution in [2.24, 2.45) is 0 Å². The lowest BCUT2D eigenvalue weighted by Gasteiger charge is -2.40. The highest BCUT2D eigenvalue weighted by Gasteiger charge is 2.44. The maximum atomic E-state index is 7.01. The summed E-state index contributed by atoms with van der Waals surface area (Å²) in [5.74, 6) is 0. The van der Waals surface area contributed by atoms with Gasteiger partial charge in [-0.05, 0) is 46.8 Å². The fourth-order valence-electron chi connectivity index (χ4n) is 4.07. The number of halogens is 1. The first-order chi connectivity index (χ1) is 11.9. The van der Waals surface area contributed by atoms with Crippen molar-refractivity contribution in [3.8, 4) is 0 Å². The number of hydrogen-bond donors (Lipinski definition) is 0. The highest BCUT2D eigenvalue weighted by Crippen LogP contribution is 2.40. The van der Waals surface area contributed by atoms with E-state index in [0.717, 1.165) is 12.8 Å². The van der Waals surface area contributed by atoms with E-state index in [2.05, 4.69) is 86.4 Å². The van der Waals surface area contributed by atoms with Crippen LogP contribution >= 0.6 is 22.6 Å². The Kier molecular flexibility index (Phi) is 10.2. The molecule has 0 N–H and O–H groups in total. The highest BCUT2D eigenvalue weighted by atomic mass is 127. The van der Waals surface area contributed by atoms with Crippen LogP contribution in [0.3, 0.4) is 0 Å². The Bertz CT molecular complexity index is 428. The minimum absolute atomic E-state index is 0.143. The zero-order valence-electron chi connectivity index (χ0n) is 17.2. The van der Waals surface area contributed by atoms with Crippen molar-refractivity contribution in [1.29, 1.82) is 0 Å². The third kappa shape index (κ3) is 6.02. The first kappa shape index (κ1) is 23.6. The van der Waals surface area contributed by atoms with Gasteiger partial charge in [-0.15, -0.1) is 0 Å². The Hall–Kier alpha value is 0.564. The SMILES string of the molecule is CC[Si](CC)(CC)O[C@@H]1C=C[C@](CC=CI)(O[Si](CC)(CC)CC)C1. The Balaban J connectivity index is 2.97. The van der Waals surface area contributed by atoms with Crippen LogP contribution in [0.15, 0.2) is 22.3 Å². The maximum absolute atomic E-state index is 7.01. The van der Waals surface area contributed by atoms with Gasteiger partial charge in [-0.3, -0.25) is 0 Å². The van der Waals surface area contributed by atoms with E-state index < -0.39 is 16.6 Å². The molecule has 0 aromatic heterocycles. The average Bonchev–Trinajstić information content (AvgIpc) is 3.05. The van der Waals surface area contributed by atoms with Crippen LogP contribution in [0.5, 0.6) is 0 Å². The predicted octanol–water partition coefficient (Wildman–Crippen LogP) is 7.44. The second-order valence-electron chi connectivity index (χ2n) is 7.44. The zero-order valence-corrected chi connectivity index (χ0v) is 21.4. The van der Waals surface area contributed by atoms with E-state index in [1.165, 1.54) is 36.3 Å². The van der Waals surface area contributed by atoms with Crippen LogP contribution in [0.25, 0.3) is 0 Å². The minimum atomic E-state index is -1.65. The fraction of sp³-hybridized carbons (Fsp3) is 0.800. The molecule has 1 rings (SSSR count). The van der Waals surface area contributed by atoms with Crippen LogP contribution < -0.4 is 0 Å². The van der Waals surface area contributed by atoms with E-state index in [-0.39, 0.29) is 11.7 Å². The molecule has 146 valence electrons. The summed E-state index contributed by atoms with van der Waals surface area (Å²) in [6, 6.07) is 7.24. The Morgan fingerprint density at radius 3 is 1.92 bits per heavy atom. The van der Waals surface area contributed by atoms with Gasteiger partial charge in [0.05, 0.1) is 11.7 Å². The van der Waals surface area contributed by atoms with Crippen molar-refractivity contribution in [3.63, 3.8) is 0 Å². The first-order valence-electron chi connectivity index (χ1n) is 10.2. The minimum Gasteiger partial charge on any atom is -0.410 e. The van der Waals surface area contributed by atoms with Gasteiger partial charge in [0.15, 0.2) is 16.6 Å². The molecular formula is C20H39IO2Si2. The summed E-state index contributed by atoms with van der Waals surface area (Å²) in [5, 5.41) is 0. The monoisotopic (exact) mass is 494 g/mol. The zero-order chi connectivity index (χ0) is 19.0. The second kappa shape index (κ2) is 10.8. The molecule has 0 saturated carbocycles. The molecular weight excluding hydrogens is 455 g/mol. The summed E-state index contributed by atoms with van der Waals surface area (Å²) in [6.45, 7) is 13.9. The lowest BCUT2D eigenvalue weighted by molar-refractivity contribution is 0.0763.